The molecule has 5 aliphatic rings. The van der Waals surface area contributed by atoms with Gasteiger partial charge in [-0.3, -0.25) is 4.98 Å². The van der Waals surface area contributed by atoms with Crippen molar-refractivity contribution in [2.45, 2.75) is 81.5 Å². The van der Waals surface area contributed by atoms with E-state index in [1.54, 1.807) is 12.7 Å². The van der Waals surface area contributed by atoms with Crippen LogP contribution in [0.5, 0.6) is 0 Å². The van der Waals surface area contributed by atoms with Crippen molar-refractivity contribution in [1.82, 2.24) is 9.88 Å². The smallest absolute Gasteiger partial charge is 0.0974 e. The van der Waals surface area contributed by atoms with E-state index in [9.17, 15) is 0 Å². The summed E-state index contributed by atoms with van der Waals surface area (Å²) in [7, 11) is 4.07. The van der Waals surface area contributed by atoms with E-state index in [0.717, 1.165) is 26.0 Å². The first kappa shape index (κ1) is 23.1. The van der Waals surface area contributed by atoms with Crippen molar-refractivity contribution in [3.8, 4) is 0 Å². The van der Waals surface area contributed by atoms with Crippen LogP contribution in [0.3, 0.4) is 0 Å². The van der Waals surface area contributed by atoms with Crippen molar-refractivity contribution in [2.75, 3.05) is 27.3 Å². The zero-order chi connectivity index (χ0) is 24.5. The van der Waals surface area contributed by atoms with Gasteiger partial charge in [-0.15, -0.1) is 0 Å². The zero-order valence-electron chi connectivity index (χ0n) is 22.1. The second-order valence-corrected chi connectivity index (χ2v) is 12.6. The molecule has 3 heterocycles. The maximum Gasteiger partial charge on any atom is 0.0974 e. The van der Waals surface area contributed by atoms with Gasteiger partial charge in [0.15, 0.2) is 0 Å². The number of fused-ring (bicyclic) bond motifs is 2. The highest BCUT2D eigenvalue weighted by atomic mass is 16.5. The van der Waals surface area contributed by atoms with Crippen LogP contribution in [-0.2, 0) is 9.47 Å². The lowest BCUT2D eigenvalue weighted by Crippen LogP contribution is -2.55. The molecule has 4 heteroatoms. The van der Waals surface area contributed by atoms with Gasteiger partial charge in [0.05, 0.1) is 17.8 Å². The van der Waals surface area contributed by atoms with Gasteiger partial charge in [0.2, 0.25) is 0 Å². The lowest BCUT2D eigenvalue weighted by Gasteiger charge is -2.55. The van der Waals surface area contributed by atoms with Crippen LogP contribution in [0, 0.1) is 11.3 Å². The monoisotopic (exact) mass is 484 g/mol. The number of allylic oxidation sites excluding steroid dienone is 1. The van der Waals surface area contributed by atoms with Crippen molar-refractivity contribution >= 4 is 10.8 Å². The van der Waals surface area contributed by atoms with Crippen molar-refractivity contribution in [3.63, 3.8) is 0 Å². The third-order valence-corrected chi connectivity index (χ3v) is 11.0. The van der Waals surface area contributed by atoms with Crippen LogP contribution in [-0.4, -0.2) is 54.4 Å². The molecular formula is C32H40N2O2. The summed E-state index contributed by atoms with van der Waals surface area (Å²) in [4.78, 5) is 6.90. The summed E-state index contributed by atoms with van der Waals surface area (Å²) in [6.45, 7) is 4.36. The van der Waals surface area contributed by atoms with Gasteiger partial charge in [-0.25, -0.2) is 0 Å². The number of benzene rings is 1. The van der Waals surface area contributed by atoms with Gasteiger partial charge in [-0.05, 0) is 110 Å². The van der Waals surface area contributed by atoms with E-state index < -0.39 is 0 Å². The van der Waals surface area contributed by atoms with E-state index in [2.05, 4.69) is 60.3 Å². The molecule has 1 aromatic heterocycles. The molecule has 2 spiro atoms. The molecule has 3 aliphatic carbocycles. The fourth-order valence-corrected chi connectivity index (χ4v) is 9.04. The molecule has 0 radical (unpaired) electrons. The van der Waals surface area contributed by atoms with Crippen LogP contribution in [0.25, 0.3) is 10.8 Å². The first-order valence-corrected chi connectivity index (χ1v) is 14.1. The van der Waals surface area contributed by atoms with Gasteiger partial charge in [-0.1, -0.05) is 31.2 Å². The maximum absolute atomic E-state index is 7.49. The van der Waals surface area contributed by atoms with Gasteiger partial charge >= 0.3 is 0 Å². The number of likely N-dealkylation sites (N-methyl/N-ethyl adjacent to an activating group) is 1. The molecule has 36 heavy (non-hydrogen) atoms. The van der Waals surface area contributed by atoms with Crippen LogP contribution < -0.4 is 0 Å². The van der Waals surface area contributed by atoms with E-state index in [4.69, 9.17) is 9.47 Å². The number of hydrogen-bond acceptors (Lipinski definition) is 4. The van der Waals surface area contributed by atoms with Crippen LogP contribution in [0.4, 0.5) is 0 Å². The SMILES string of the molecule is COCCN(C)C1CCC2=CC3=CCC4(C)C(c5ccc6ccncc6c5)CCC4[C@@]34CC[C@]2(C1)O4. The van der Waals surface area contributed by atoms with Crippen molar-refractivity contribution in [3.05, 3.63) is 65.5 Å². The quantitative estimate of drug-likeness (QED) is 0.490. The molecule has 7 rings (SSSR count). The molecule has 6 atom stereocenters. The van der Waals surface area contributed by atoms with Crippen molar-refractivity contribution in [1.29, 1.82) is 0 Å². The number of nitrogens with zero attached hydrogens (tertiary/aromatic N) is 2. The van der Waals surface area contributed by atoms with Crippen LogP contribution in [0.1, 0.15) is 69.8 Å². The summed E-state index contributed by atoms with van der Waals surface area (Å²) in [6, 6.07) is 9.79. The summed E-state index contributed by atoms with van der Waals surface area (Å²) < 4.78 is 12.9. The predicted molar refractivity (Wildman–Crippen MR) is 144 cm³/mol. The van der Waals surface area contributed by atoms with Gasteiger partial charge in [0.25, 0.3) is 0 Å². The average molecular weight is 485 g/mol. The fourth-order valence-electron chi connectivity index (χ4n) is 9.04. The maximum atomic E-state index is 7.49. The minimum absolute atomic E-state index is 0.0491. The highest BCUT2D eigenvalue weighted by Crippen LogP contribution is 2.69. The lowest BCUT2D eigenvalue weighted by molar-refractivity contribution is -0.140. The normalized spacial score (nSPS) is 38.9. The first-order valence-electron chi connectivity index (χ1n) is 14.1. The number of rotatable bonds is 5. The number of aromatic nitrogens is 1. The Morgan fingerprint density at radius 2 is 2.06 bits per heavy atom. The zero-order valence-corrected chi connectivity index (χ0v) is 22.1. The second kappa shape index (κ2) is 8.24. The first-order chi connectivity index (χ1) is 17.5. The fraction of sp³-hybridized carbons (Fsp3) is 0.594. The molecular weight excluding hydrogens is 444 g/mol. The Balaban J connectivity index is 1.21. The third-order valence-electron chi connectivity index (χ3n) is 11.0. The van der Waals surface area contributed by atoms with Crippen molar-refractivity contribution < 1.29 is 9.47 Å². The Kier molecular flexibility index (Phi) is 5.30. The Hall–Kier alpha value is -2.01. The van der Waals surface area contributed by atoms with E-state index in [-0.39, 0.29) is 16.6 Å². The number of methoxy groups -OCH3 is 1. The third kappa shape index (κ3) is 3.20. The lowest BCUT2D eigenvalue weighted by atomic mass is 9.58. The van der Waals surface area contributed by atoms with Crippen LogP contribution in [0.15, 0.2) is 60.0 Å². The Bertz CT molecular complexity index is 1250. The van der Waals surface area contributed by atoms with Crippen LogP contribution >= 0.6 is 0 Å². The number of ether oxygens (including phenoxy) is 2. The molecule has 0 N–H and O–H groups in total. The van der Waals surface area contributed by atoms with E-state index in [1.165, 1.54) is 60.4 Å². The van der Waals surface area contributed by atoms with Crippen LogP contribution in [0.2, 0.25) is 0 Å². The Morgan fingerprint density at radius 1 is 1.14 bits per heavy atom. The van der Waals surface area contributed by atoms with Gasteiger partial charge in [-0.2, -0.15) is 0 Å². The molecule has 4 unspecified atom stereocenters. The second-order valence-electron chi connectivity index (χ2n) is 12.6. The minimum atomic E-state index is -0.0867. The molecule has 1 saturated heterocycles. The molecule has 2 saturated carbocycles. The van der Waals surface area contributed by atoms with E-state index in [1.807, 2.05) is 12.4 Å². The molecule has 190 valence electrons. The number of pyridine rings is 1. The Morgan fingerprint density at radius 3 is 2.94 bits per heavy atom. The van der Waals surface area contributed by atoms with Gasteiger partial charge in [0.1, 0.15) is 0 Å². The molecule has 2 aliphatic heterocycles. The minimum Gasteiger partial charge on any atom is -0.383 e. The summed E-state index contributed by atoms with van der Waals surface area (Å²) in [6.07, 6.45) is 18.7. The summed E-state index contributed by atoms with van der Waals surface area (Å²) in [5, 5.41) is 2.55. The van der Waals surface area contributed by atoms with E-state index in [0.29, 0.717) is 17.9 Å². The predicted octanol–water partition coefficient (Wildman–Crippen LogP) is 6.42. The molecule has 1 aromatic carbocycles. The largest absolute Gasteiger partial charge is 0.383 e. The van der Waals surface area contributed by atoms with E-state index >= 15 is 0 Å². The van der Waals surface area contributed by atoms with Crippen molar-refractivity contribution in [2.24, 2.45) is 11.3 Å². The number of hydrogen-bond donors (Lipinski definition) is 0. The average Bonchev–Trinajstić information content (AvgIpc) is 3.41. The summed E-state index contributed by atoms with van der Waals surface area (Å²) >= 11 is 0. The molecule has 2 bridgehead atoms. The summed E-state index contributed by atoms with van der Waals surface area (Å²) in [5.74, 6) is 1.16. The highest BCUT2D eigenvalue weighted by Gasteiger charge is 2.66. The molecule has 2 aromatic rings. The van der Waals surface area contributed by atoms with Gasteiger partial charge < -0.3 is 14.4 Å². The van der Waals surface area contributed by atoms with Gasteiger partial charge in [0, 0.05) is 37.5 Å². The topological polar surface area (TPSA) is 34.6 Å². The highest BCUT2D eigenvalue weighted by molar-refractivity contribution is 5.82. The molecule has 0 amide bonds. The molecule has 4 nitrogen and oxygen atoms in total. The Labute approximate surface area is 215 Å². The standard InChI is InChI=1S/C32H40N2O2/c1-30-12-10-26-19-25-6-7-27(34(2)16-17-35-3)20-31(25)13-14-32(26,36-31)29(30)9-8-28(30)23-5-4-22-11-15-33-21-24(22)18-23/h4-5,10-11,15,18-19,21,27-29H,6-9,12-14,16-17,20H2,1-3H3/t27?,28?,29?,30?,31-,32-/m1/s1. The summed E-state index contributed by atoms with van der Waals surface area (Å²) in [5.41, 5.74) is 4.69. The molecule has 3 fully saturated rings.